The summed E-state index contributed by atoms with van der Waals surface area (Å²) in [7, 11) is 3.93. The lowest BCUT2D eigenvalue weighted by Crippen LogP contribution is -2.45. The van der Waals surface area contributed by atoms with E-state index in [1.807, 2.05) is 19.0 Å². The van der Waals surface area contributed by atoms with Crippen LogP contribution in [0.15, 0.2) is 0 Å². The van der Waals surface area contributed by atoms with Crippen molar-refractivity contribution in [1.82, 2.24) is 10.2 Å². The standard InChI is InChI=1S/C11H22N2O2/c1-8(2)10(7-13(4)5)12-11(15)6-9(3)14/h8,10H,6-7H2,1-5H3,(H,12,15). The number of hydrogen-bond acceptors (Lipinski definition) is 3. The number of likely N-dealkylation sites (N-methyl/N-ethyl adjacent to an activating group) is 1. The van der Waals surface area contributed by atoms with Gasteiger partial charge in [0.05, 0.1) is 6.42 Å². The minimum Gasteiger partial charge on any atom is -0.351 e. The topological polar surface area (TPSA) is 49.4 Å². The van der Waals surface area contributed by atoms with Gasteiger partial charge in [0.15, 0.2) is 0 Å². The fraction of sp³-hybridized carbons (Fsp3) is 0.818. The van der Waals surface area contributed by atoms with E-state index in [0.717, 1.165) is 6.54 Å². The van der Waals surface area contributed by atoms with Crippen LogP contribution in [0.2, 0.25) is 0 Å². The first-order chi connectivity index (χ1) is 6.82. The largest absolute Gasteiger partial charge is 0.351 e. The summed E-state index contributed by atoms with van der Waals surface area (Å²) in [5.41, 5.74) is 0. The quantitative estimate of drug-likeness (QED) is 0.661. The van der Waals surface area contributed by atoms with Gasteiger partial charge in [-0.15, -0.1) is 0 Å². The molecule has 88 valence electrons. The Morgan fingerprint density at radius 2 is 1.80 bits per heavy atom. The van der Waals surface area contributed by atoms with Crippen LogP contribution in [0.1, 0.15) is 27.2 Å². The zero-order chi connectivity index (χ0) is 12.0. The molecule has 0 heterocycles. The molecule has 1 N–H and O–H groups in total. The highest BCUT2D eigenvalue weighted by molar-refractivity contribution is 5.96. The number of ketones is 1. The molecule has 0 radical (unpaired) electrons. The van der Waals surface area contributed by atoms with Gasteiger partial charge in [0.25, 0.3) is 0 Å². The van der Waals surface area contributed by atoms with Crippen molar-refractivity contribution in [3.8, 4) is 0 Å². The molecular weight excluding hydrogens is 192 g/mol. The molecule has 0 aromatic heterocycles. The van der Waals surface area contributed by atoms with E-state index in [1.165, 1.54) is 6.92 Å². The molecule has 15 heavy (non-hydrogen) atoms. The Morgan fingerprint density at radius 1 is 1.27 bits per heavy atom. The van der Waals surface area contributed by atoms with Crippen molar-refractivity contribution in [3.63, 3.8) is 0 Å². The lowest BCUT2D eigenvalue weighted by atomic mass is 10.0. The summed E-state index contributed by atoms with van der Waals surface area (Å²) >= 11 is 0. The van der Waals surface area contributed by atoms with Crippen molar-refractivity contribution in [2.24, 2.45) is 5.92 Å². The summed E-state index contributed by atoms with van der Waals surface area (Å²) in [4.78, 5) is 24.2. The first-order valence-corrected chi connectivity index (χ1v) is 5.26. The van der Waals surface area contributed by atoms with E-state index < -0.39 is 0 Å². The fourth-order valence-electron chi connectivity index (χ4n) is 1.30. The van der Waals surface area contributed by atoms with Gasteiger partial charge in [-0.25, -0.2) is 0 Å². The number of nitrogens with zero attached hydrogens (tertiary/aromatic N) is 1. The minimum absolute atomic E-state index is 0.0172. The fourth-order valence-corrected chi connectivity index (χ4v) is 1.30. The Morgan fingerprint density at radius 3 is 2.13 bits per heavy atom. The van der Waals surface area contributed by atoms with E-state index in [0.29, 0.717) is 5.92 Å². The molecular formula is C11H22N2O2. The Hall–Kier alpha value is -0.900. The normalized spacial score (nSPS) is 13.0. The van der Waals surface area contributed by atoms with Crippen LogP contribution in [0, 0.1) is 5.92 Å². The summed E-state index contributed by atoms with van der Waals surface area (Å²) in [6.07, 6.45) is -0.0172. The van der Waals surface area contributed by atoms with Crippen molar-refractivity contribution >= 4 is 11.7 Å². The Balaban J connectivity index is 4.16. The van der Waals surface area contributed by atoms with E-state index in [1.54, 1.807) is 0 Å². The molecule has 4 heteroatoms. The van der Waals surface area contributed by atoms with E-state index in [4.69, 9.17) is 0 Å². The third-order valence-electron chi connectivity index (χ3n) is 2.12. The zero-order valence-electron chi connectivity index (χ0n) is 10.3. The second kappa shape index (κ2) is 6.56. The van der Waals surface area contributed by atoms with Gasteiger partial charge in [-0.2, -0.15) is 0 Å². The second-order valence-corrected chi connectivity index (χ2v) is 4.56. The maximum atomic E-state index is 11.4. The van der Waals surface area contributed by atoms with Crippen LogP contribution in [0.25, 0.3) is 0 Å². The Bertz CT molecular complexity index is 225. The number of carbonyl (C=O) groups is 2. The van der Waals surface area contributed by atoms with Crippen molar-refractivity contribution in [1.29, 1.82) is 0 Å². The number of nitrogens with one attached hydrogen (secondary N) is 1. The molecule has 1 unspecified atom stereocenters. The van der Waals surface area contributed by atoms with E-state index in [-0.39, 0.29) is 24.2 Å². The summed E-state index contributed by atoms with van der Waals surface area (Å²) in [5, 5.41) is 2.88. The van der Waals surface area contributed by atoms with Gasteiger partial charge < -0.3 is 10.2 Å². The molecule has 0 spiro atoms. The number of amides is 1. The van der Waals surface area contributed by atoms with Gasteiger partial charge in [0.2, 0.25) is 5.91 Å². The van der Waals surface area contributed by atoms with Crippen LogP contribution >= 0.6 is 0 Å². The molecule has 0 rings (SSSR count). The molecule has 0 aliphatic carbocycles. The predicted octanol–water partition coefficient (Wildman–Crippen LogP) is 0.668. The van der Waals surface area contributed by atoms with E-state index >= 15 is 0 Å². The molecule has 0 fully saturated rings. The molecule has 0 saturated carbocycles. The van der Waals surface area contributed by atoms with E-state index in [2.05, 4.69) is 19.2 Å². The summed E-state index contributed by atoms with van der Waals surface area (Å²) in [6.45, 7) is 6.33. The second-order valence-electron chi connectivity index (χ2n) is 4.56. The third-order valence-corrected chi connectivity index (χ3v) is 2.12. The highest BCUT2D eigenvalue weighted by atomic mass is 16.2. The minimum atomic E-state index is -0.178. The summed E-state index contributed by atoms with van der Waals surface area (Å²) in [6, 6.07) is 0.104. The van der Waals surface area contributed by atoms with Crippen LogP contribution in [0.4, 0.5) is 0 Å². The molecule has 0 aromatic carbocycles. The third kappa shape index (κ3) is 7.08. The maximum Gasteiger partial charge on any atom is 0.227 e. The summed E-state index contributed by atoms with van der Waals surface area (Å²) in [5.74, 6) is 0.0891. The first kappa shape index (κ1) is 14.1. The van der Waals surface area contributed by atoms with Gasteiger partial charge in [0, 0.05) is 12.6 Å². The van der Waals surface area contributed by atoms with Crippen molar-refractivity contribution in [2.75, 3.05) is 20.6 Å². The van der Waals surface area contributed by atoms with Gasteiger partial charge in [-0.1, -0.05) is 13.8 Å². The monoisotopic (exact) mass is 214 g/mol. The van der Waals surface area contributed by atoms with Crippen LogP contribution in [0.3, 0.4) is 0 Å². The smallest absolute Gasteiger partial charge is 0.227 e. The average molecular weight is 214 g/mol. The number of Topliss-reactive ketones (excluding diaryl/α,β-unsaturated/α-hetero) is 1. The lowest BCUT2D eigenvalue weighted by molar-refractivity contribution is -0.127. The molecule has 1 amide bonds. The van der Waals surface area contributed by atoms with Crippen molar-refractivity contribution in [2.45, 2.75) is 33.2 Å². The van der Waals surface area contributed by atoms with Crippen LogP contribution in [-0.4, -0.2) is 43.3 Å². The maximum absolute atomic E-state index is 11.4. The van der Waals surface area contributed by atoms with E-state index in [9.17, 15) is 9.59 Å². The molecule has 4 nitrogen and oxygen atoms in total. The number of hydrogen-bond donors (Lipinski definition) is 1. The predicted molar refractivity (Wildman–Crippen MR) is 60.6 cm³/mol. The van der Waals surface area contributed by atoms with Crippen LogP contribution in [0.5, 0.6) is 0 Å². The van der Waals surface area contributed by atoms with Crippen molar-refractivity contribution < 1.29 is 9.59 Å². The molecule has 0 aromatic rings. The molecule has 0 aliphatic rings. The van der Waals surface area contributed by atoms with Crippen molar-refractivity contribution in [3.05, 3.63) is 0 Å². The zero-order valence-corrected chi connectivity index (χ0v) is 10.3. The van der Waals surface area contributed by atoms with Gasteiger partial charge in [0.1, 0.15) is 5.78 Å². The molecule has 0 saturated heterocycles. The highest BCUT2D eigenvalue weighted by Gasteiger charge is 2.17. The first-order valence-electron chi connectivity index (χ1n) is 5.26. The van der Waals surface area contributed by atoms with Crippen LogP contribution < -0.4 is 5.32 Å². The Labute approximate surface area is 92.0 Å². The van der Waals surface area contributed by atoms with Crippen LogP contribution in [-0.2, 0) is 9.59 Å². The highest BCUT2D eigenvalue weighted by Crippen LogP contribution is 2.03. The average Bonchev–Trinajstić information content (AvgIpc) is 1.99. The SMILES string of the molecule is CC(=O)CC(=O)NC(CN(C)C)C(C)C. The Kier molecular flexibility index (Phi) is 6.17. The molecule has 0 bridgehead atoms. The van der Waals surface area contributed by atoms with Gasteiger partial charge >= 0.3 is 0 Å². The number of rotatable bonds is 6. The lowest BCUT2D eigenvalue weighted by Gasteiger charge is -2.25. The summed E-state index contributed by atoms with van der Waals surface area (Å²) < 4.78 is 0. The molecule has 0 aliphatic heterocycles. The number of carbonyl (C=O) groups excluding carboxylic acids is 2. The van der Waals surface area contributed by atoms with Gasteiger partial charge in [-0.3, -0.25) is 9.59 Å². The van der Waals surface area contributed by atoms with Gasteiger partial charge in [-0.05, 0) is 26.9 Å². The molecule has 1 atom stereocenters.